The molecule has 0 radical (unpaired) electrons. The van der Waals surface area contributed by atoms with Crippen LogP contribution in [0.5, 0.6) is 5.75 Å². The Bertz CT molecular complexity index is 698. The zero-order valence-electron chi connectivity index (χ0n) is 13.4. The summed E-state index contributed by atoms with van der Waals surface area (Å²) in [6.45, 7) is 1.91. The SMILES string of the molecule is COCCN(C)c1ccc(-c2ccc3c(c2)C(=O)CCO3)cn1. The van der Waals surface area contributed by atoms with Crippen molar-refractivity contribution in [3.8, 4) is 16.9 Å². The van der Waals surface area contributed by atoms with Gasteiger partial charge in [-0.2, -0.15) is 0 Å². The number of aromatic nitrogens is 1. The summed E-state index contributed by atoms with van der Waals surface area (Å²) in [5, 5.41) is 0. The van der Waals surface area contributed by atoms with Crippen LogP contribution >= 0.6 is 0 Å². The number of fused-ring (bicyclic) bond motifs is 1. The molecule has 1 aromatic carbocycles. The summed E-state index contributed by atoms with van der Waals surface area (Å²) in [4.78, 5) is 18.5. The molecule has 23 heavy (non-hydrogen) atoms. The molecule has 0 N–H and O–H groups in total. The standard InChI is InChI=1S/C18H20N2O3/c1-20(8-10-22-2)18-6-4-14(12-19-18)13-3-5-17-15(11-13)16(21)7-9-23-17/h3-6,11-12H,7-10H2,1-2H3. The van der Waals surface area contributed by atoms with Crippen molar-refractivity contribution in [2.24, 2.45) is 0 Å². The van der Waals surface area contributed by atoms with Crippen LogP contribution in [0.1, 0.15) is 16.8 Å². The van der Waals surface area contributed by atoms with Gasteiger partial charge in [0, 0.05) is 38.9 Å². The minimum Gasteiger partial charge on any atom is -0.492 e. The maximum Gasteiger partial charge on any atom is 0.170 e. The third kappa shape index (κ3) is 3.35. The number of hydrogen-bond acceptors (Lipinski definition) is 5. The molecule has 0 amide bonds. The summed E-state index contributed by atoms with van der Waals surface area (Å²) < 4.78 is 10.6. The number of ether oxygens (including phenoxy) is 2. The van der Waals surface area contributed by atoms with Gasteiger partial charge in [-0.3, -0.25) is 4.79 Å². The number of hydrogen-bond donors (Lipinski definition) is 0. The van der Waals surface area contributed by atoms with Crippen LogP contribution in [0.15, 0.2) is 36.5 Å². The first-order valence-electron chi connectivity index (χ1n) is 7.65. The highest BCUT2D eigenvalue weighted by atomic mass is 16.5. The Morgan fingerprint density at radius 2 is 2.09 bits per heavy atom. The number of ketones is 1. The molecule has 1 aromatic heterocycles. The van der Waals surface area contributed by atoms with Gasteiger partial charge in [0.15, 0.2) is 5.78 Å². The van der Waals surface area contributed by atoms with E-state index in [1.807, 2.05) is 48.5 Å². The summed E-state index contributed by atoms with van der Waals surface area (Å²) in [7, 11) is 3.67. The predicted octanol–water partition coefficient (Wildman–Crippen LogP) is 2.80. The molecule has 0 saturated carbocycles. The summed E-state index contributed by atoms with van der Waals surface area (Å²) in [5.41, 5.74) is 2.62. The first kappa shape index (κ1) is 15.5. The lowest BCUT2D eigenvalue weighted by Gasteiger charge is -2.18. The summed E-state index contributed by atoms with van der Waals surface area (Å²) >= 11 is 0. The fraction of sp³-hybridized carbons (Fsp3) is 0.333. The van der Waals surface area contributed by atoms with Gasteiger partial charge in [0.25, 0.3) is 0 Å². The molecule has 0 saturated heterocycles. The van der Waals surface area contributed by atoms with E-state index in [1.165, 1.54) is 0 Å². The van der Waals surface area contributed by atoms with E-state index in [0.717, 1.165) is 23.5 Å². The fourth-order valence-electron chi connectivity index (χ4n) is 2.57. The van der Waals surface area contributed by atoms with Crippen LogP contribution in [-0.4, -0.2) is 44.7 Å². The van der Waals surface area contributed by atoms with Crippen molar-refractivity contribution in [3.05, 3.63) is 42.1 Å². The monoisotopic (exact) mass is 312 g/mol. The van der Waals surface area contributed by atoms with Crippen LogP contribution in [-0.2, 0) is 4.74 Å². The Labute approximate surface area is 135 Å². The van der Waals surface area contributed by atoms with E-state index in [9.17, 15) is 4.79 Å². The second-order valence-corrected chi connectivity index (χ2v) is 5.55. The van der Waals surface area contributed by atoms with Crippen LogP contribution in [0.2, 0.25) is 0 Å². The molecular weight excluding hydrogens is 292 g/mol. The number of rotatable bonds is 5. The van der Waals surface area contributed by atoms with E-state index in [-0.39, 0.29) is 5.78 Å². The minimum atomic E-state index is 0.136. The van der Waals surface area contributed by atoms with Crippen molar-refractivity contribution in [2.75, 3.05) is 38.8 Å². The van der Waals surface area contributed by atoms with E-state index < -0.39 is 0 Å². The molecule has 5 nitrogen and oxygen atoms in total. The quantitative estimate of drug-likeness (QED) is 0.850. The number of nitrogens with zero attached hydrogens (tertiary/aromatic N) is 2. The lowest BCUT2D eigenvalue weighted by molar-refractivity contribution is 0.0933. The molecule has 0 aliphatic carbocycles. The van der Waals surface area contributed by atoms with Gasteiger partial charge in [-0.05, 0) is 29.8 Å². The number of anilines is 1. The molecule has 1 aliphatic rings. The number of benzene rings is 1. The number of likely N-dealkylation sites (N-methyl/N-ethyl adjacent to an activating group) is 1. The fourth-order valence-corrected chi connectivity index (χ4v) is 2.57. The van der Waals surface area contributed by atoms with E-state index in [2.05, 4.69) is 4.98 Å². The minimum absolute atomic E-state index is 0.136. The third-order valence-corrected chi connectivity index (χ3v) is 3.97. The average Bonchev–Trinajstić information content (AvgIpc) is 2.60. The smallest absolute Gasteiger partial charge is 0.170 e. The van der Waals surface area contributed by atoms with Crippen LogP contribution in [0.3, 0.4) is 0 Å². The molecule has 2 heterocycles. The lowest BCUT2D eigenvalue weighted by atomic mass is 9.99. The molecule has 0 fully saturated rings. The predicted molar refractivity (Wildman–Crippen MR) is 89.3 cm³/mol. The van der Waals surface area contributed by atoms with Gasteiger partial charge in [-0.25, -0.2) is 4.98 Å². The average molecular weight is 312 g/mol. The van der Waals surface area contributed by atoms with Crippen molar-refractivity contribution in [1.82, 2.24) is 4.98 Å². The van der Waals surface area contributed by atoms with Gasteiger partial charge in [0.2, 0.25) is 0 Å². The summed E-state index contributed by atoms with van der Waals surface area (Å²) in [6, 6.07) is 9.70. The largest absolute Gasteiger partial charge is 0.492 e. The first-order chi connectivity index (χ1) is 11.2. The zero-order valence-corrected chi connectivity index (χ0v) is 13.4. The van der Waals surface area contributed by atoms with E-state index in [0.29, 0.717) is 30.9 Å². The Balaban J connectivity index is 1.82. The molecule has 2 aromatic rings. The number of carbonyl (C=O) groups is 1. The highest BCUT2D eigenvalue weighted by Crippen LogP contribution is 2.30. The Morgan fingerprint density at radius 3 is 2.83 bits per heavy atom. The Kier molecular flexibility index (Phi) is 4.57. The van der Waals surface area contributed by atoms with Crippen LogP contribution < -0.4 is 9.64 Å². The zero-order chi connectivity index (χ0) is 16.2. The highest BCUT2D eigenvalue weighted by Gasteiger charge is 2.19. The molecule has 0 atom stereocenters. The van der Waals surface area contributed by atoms with Crippen LogP contribution in [0.4, 0.5) is 5.82 Å². The van der Waals surface area contributed by atoms with Gasteiger partial charge < -0.3 is 14.4 Å². The van der Waals surface area contributed by atoms with E-state index in [4.69, 9.17) is 9.47 Å². The molecule has 120 valence electrons. The topological polar surface area (TPSA) is 51.7 Å². The highest BCUT2D eigenvalue weighted by molar-refractivity contribution is 6.00. The number of methoxy groups -OCH3 is 1. The molecule has 3 rings (SSSR count). The number of pyridine rings is 1. The van der Waals surface area contributed by atoms with Crippen molar-refractivity contribution in [2.45, 2.75) is 6.42 Å². The molecule has 0 unspecified atom stereocenters. The number of Topliss-reactive ketones (excluding diaryl/α,β-unsaturated/α-hetero) is 1. The van der Waals surface area contributed by atoms with Crippen molar-refractivity contribution in [1.29, 1.82) is 0 Å². The van der Waals surface area contributed by atoms with Crippen LogP contribution in [0, 0.1) is 0 Å². The van der Waals surface area contributed by atoms with Gasteiger partial charge in [-0.1, -0.05) is 6.07 Å². The van der Waals surface area contributed by atoms with Gasteiger partial charge >= 0.3 is 0 Å². The van der Waals surface area contributed by atoms with Crippen molar-refractivity contribution in [3.63, 3.8) is 0 Å². The molecular formula is C18H20N2O3. The van der Waals surface area contributed by atoms with Gasteiger partial charge in [0.1, 0.15) is 11.6 Å². The molecule has 1 aliphatic heterocycles. The van der Waals surface area contributed by atoms with Crippen molar-refractivity contribution >= 4 is 11.6 Å². The van der Waals surface area contributed by atoms with E-state index >= 15 is 0 Å². The maximum atomic E-state index is 12.0. The summed E-state index contributed by atoms with van der Waals surface area (Å²) in [5.74, 6) is 1.70. The molecule has 0 spiro atoms. The Hall–Kier alpha value is -2.40. The van der Waals surface area contributed by atoms with Crippen molar-refractivity contribution < 1.29 is 14.3 Å². The maximum absolute atomic E-state index is 12.0. The number of carbonyl (C=O) groups excluding carboxylic acids is 1. The van der Waals surface area contributed by atoms with Gasteiger partial charge in [0.05, 0.1) is 18.8 Å². The van der Waals surface area contributed by atoms with Crippen LogP contribution in [0.25, 0.3) is 11.1 Å². The van der Waals surface area contributed by atoms with E-state index in [1.54, 1.807) is 7.11 Å². The normalized spacial score (nSPS) is 13.4. The lowest BCUT2D eigenvalue weighted by Crippen LogP contribution is -2.22. The summed E-state index contributed by atoms with van der Waals surface area (Å²) in [6.07, 6.45) is 2.27. The first-order valence-corrected chi connectivity index (χ1v) is 7.65. The second kappa shape index (κ2) is 6.79. The second-order valence-electron chi connectivity index (χ2n) is 5.55. The third-order valence-electron chi connectivity index (χ3n) is 3.97. The van der Waals surface area contributed by atoms with Gasteiger partial charge in [-0.15, -0.1) is 0 Å². The molecule has 0 bridgehead atoms. The Morgan fingerprint density at radius 1 is 1.26 bits per heavy atom. The molecule has 5 heteroatoms.